The summed E-state index contributed by atoms with van der Waals surface area (Å²) in [5.41, 5.74) is 0.968. The molecule has 2 saturated heterocycles. The predicted molar refractivity (Wildman–Crippen MR) is 243 cm³/mol. The van der Waals surface area contributed by atoms with Gasteiger partial charge in [-0.2, -0.15) is 35.0 Å². The molecule has 2 aromatic heterocycles. The van der Waals surface area contributed by atoms with Crippen LogP contribution in [0.5, 0.6) is 11.5 Å². The van der Waals surface area contributed by atoms with Crippen LogP contribution in [0, 0.1) is 0 Å². The first-order valence-corrected chi connectivity index (χ1v) is 25.0. The fraction of sp³-hybridized carbons (Fsp3) is 0.286. The predicted octanol–water partition coefficient (Wildman–Crippen LogP) is 10.0. The van der Waals surface area contributed by atoms with Crippen molar-refractivity contribution in [1.29, 1.82) is 0 Å². The highest BCUT2D eigenvalue weighted by Gasteiger charge is 2.36. The minimum Gasteiger partial charge on any atom is -0.497 e. The summed E-state index contributed by atoms with van der Waals surface area (Å²) in [5, 5.41) is 6.19. The Kier molecular flexibility index (Phi) is 14.8. The van der Waals surface area contributed by atoms with Crippen LogP contribution in [0.4, 0.5) is 36.6 Å². The zero-order valence-corrected chi connectivity index (χ0v) is 39.5. The first kappa shape index (κ1) is 49.2. The molecule has 0 atom stereocenters. The number of aromatic nitrogens is 2. The SMILES string of the molecule is COc1ccc(-c2csc(N3CCN(S(=O)(=O)c4cccc(C(F)(F)F)c4)CC3)n2)c(OC)c1.O=S(=O)(c1cccc(C(F)(F)F)c1)N1CCN(c2nc(-c3ccc(Cl)cc3Cl)cs2)CC1. The maximum atomic E-state index is 13.0. The molecule has 0 aliphatic carbocycles. The quantitative estimate of drug-likeness (QED) is 0.123. The van der Waals surface area contributed by atoms with Crippen molar-refractivity contribution >= 4 is 76.2 Å². The van der Waals surface area contributed by atoms with Gasteiger partial charge in [-0.1, -0.05) is 35.3 Å². The molecule has 0 N–H and O–H groups in total. The number of benzene rings is 4. The summed E-state index contributed by atoms with van der Waals surface area (Å²) < 4.78 is 143. The lowest BCUT2D eigenvalue weighted by Gasteiger charge is -2.33. The largest absolute Gasteiger partial charge is 0.497 e. The van der Waals surface area contributed by atoms with Crippen LogP contribution < -0.4 is 19.3 Å². The van der Waals surface area contributed by atoms with Gasteiger partial charge in [0.1, 0.15) is 11.5 Å². The number of piperazine rings is 2. The summed E-state index contributed by atoms with van der Waals surface area (Å²) in [6.07, 6.45) is -9.22. The highest BCUT2D eigenvalue weighted by Crippen LogP contribution is 2.38. The summed E-state index contributed by atoms with van der Waals surface area (Å²) in [7, 11) is -4.94. The molecule has 352 valence electrons. The average molecular weight is 1040 g/mol. The topological polar surface area (TPSA) is 125 Å². The number of hydrogen-bond donors (Lipinski definition) is 0. The molecule has 2 aliphatic heterocycles. The van der Waals surface area contributed by atoms with E-state index in [0.717, 1.165) is 46.2 Å². The van der Waals surface area contributed by atoms with Crippen molar-refractivity contribution in [3.8, 4) is 34.0 Å². The van der Waals surface area contributed by atoms with E-state index in [1.54, 1.807) is 38.5 Å². The highest BCUT2D eigenvalue weighted by atomic mass is 35.5. The van der Waals surface area contributed by atoms with E-state index in [1.807, 2.05) is 32.7 Å². The minimum absolute atomic E-state index is 0.134. The van der Waals surface area contributed by atoms with Crippen molar-refractivity contribution in [3.63, 3.8) is 0 Å². The Morgan fingerprint density at radius 1 is 0.576 bits per heavy atom. The second kappa shape index (κ2) is 19.9. The van der Waals surface area contributed by atoms with E-state index in [0.29, 0.717) is 70.7 Å². The first-order valence-electron chi connectivity index (χ1n) is 19.6. The molecule has 0 radical (unpaired) electrons. The van der Waals surface area contributed by atoms with Crippen LogP contribution in [-0.4, -0.2) is 102 Å². The molecule has 0 amide bonds. The van der Waals surface area contributed by atoms with Crippen molar-refractivity contribution in [2.24, 2.45) is 0 Å². The summed E-state index contributed by atoms with van der Waals surface area (Å²) in [4.78, 5) is 12.5. The third-order valence-corrected chi connectivity index (χ3v) is 16.6. The van der Waals surface area contributed by atoms with Crippen LogP contribution >= 0.6 is 45.9 Å². The van der Waals surface area contributed by atoms with Crippen LogP contribution in [0.3, 0.4) is 0 Å². The second-order valence-electron chi connectivity index (χ2n) is 14.6. The summed E-state index contributed by atoms with van der Waals surface area (Å²) in [6.45, 7) is 2.00. The molecular weight excluding hydrogens is 998 g/mol. The molecule has 0 spiro atoms. The molecule has 2 aliphatic rings. The van der Waals surface area contributed by atoms with Crippen molar-refractivity contribution < 1.29 is 52.7 Å². The van der Waals surface area contributed by atoms with Crippen LogP contribution in [0.25, 0.3) is 22.5 Å². The van der Waals surface area contributed by atoms with Crippen molar-refractivity contribution in [3.05, 3.63) is 117 Å². The highest BCUT2D eigenvalue weighted by molar-refractivity contribution is 7.89. The van der Waals surface area contributed by atoms with Gasteiger partial charge in [-0.3, -0.25) is 0 Å². The van der Waals surface area contributed by atoms with E-state index in [-0.39, 0.29) is 36.0 Å². The number of thiazole rings is 2. The fourth-order valence-corrected chi connectivity index (χ4v) is 12.2. The Morgan fingerprint density at radius 3 is 1.45 bits per heavy atom. The molecule has 66 heavy (non-hydrogen) atoms. The molecule has 12 nitrogen and oxygen atoms in total. The number of hydrogen-bond acceptors (Lipinski definition) is 12. The van der Waals surface area contributed by atoms with E-state index in [1.165, 1.54) is 43.4 Å². The fourth-order valence-electron chi connectivity index (χ4n) is 6.98. The van der Waals surface area contributed by atoms with Gasteiger partial charge in [0, 0.05) is 85.3 Å². The monoisotopic (exact) mass is 1030 g/mol. The maximum absolute atomic E-state index is 13.0. The van der Waals surface area contributed by atoms with E-state index in [9.17, 15) is 43.2 Å². The number of nitrogens with zero attached hydrogens (tertiary/aromatic N) is 6. The van der Waals surface area contributed by atoms with Gasteiger partial charge in [-0.05, 0) is 66.7 Å². The number of sulfonamides is 2. The summed E-state index contributed by atoms with van der Waals surface area (Å²) in [5.74, 6) is 1.28. The first-order chi connectivity index (χ1) is 31.2. The van der Waals surface area contributed by atoms with E-state index in [2.05, 4.69) is 9.97 Å². The number of halogens is 8. The summed E-state index contributed by atoms with van der Waals surface area (Å²) >= 11 is 15.0. The number of ether oxygens (including phenoxy) is 2. The van der Waals surface area contributed by atoms with Gasteiger partial charge >= 0.3 is 12.4 Å². The van der Waals surface area contributed by atoms with E-state index in [4.69, 9.17) is 32.7 Å². The Hall–Kier alpha value is -4.68. The Labute approximate surface area is 394 Å². The third-order valence-electron chi connectivity index (χ3n) is 10.5. The maximum Gasteiger partial charge on any atom is 0.416 e. The molecule has 0 saturated carbocycles. The van der Waals surface area contributed by atoms with Gasteiger partial charge in [0.05, 0.1) is 51.5 Å². The lowest BCUT2D eigenvalue weighted by atomic mass is 10.1. The molecule has 2 fully saturated rings. The molecule has 0 bridgehead atoms. The summed E-state index contributed by atoms with van der Waals surface area (Å²) in [6, 6.07) is 18.2. The van der Waals surface area contributed by atoms with Crippen molar-refractivity contribution in [2.45, 2.75) is 22.1 Å². The smallest absolute Gasteiger partial charge is 0.416 e. The lowest BCUT2D eigenvalue weighted by molar-refractivity contribution is -0.138. The Bertz CT molecular complexity index is 2900. The van der Waals surface area contributed by atoms with E-state index >= 15 is 0 Å². The zero-order valence-electron chi connectivity index (χ0n) is 34.7. The van der Waals surface area contributed by atoms with Gasteiger partial charge in [-0.25, -0.2) is 26.8 Å². The van der Waals surface area contributed by atoms with Crippen molar-refractivity contribution in [1.82, 2.24) is 18.6 Å². The standard InChI is InChI=1S/C22H22F3N3O4S2.C20H16Cl2F3N3O2S2/c1-31-16-6-7-18(20(13-16)32-2)19-14-33-21(26-19)27-8-10-28(11-9-27)34(29,30)17-5-3-4-15(12-17)22(23,24)25;21-14-4-5-16(17(22)11-14)18-12-31-19(26-18)27-6-8-28(9-7-27)32(29,30)15-3-1-2-13(10-15)20(23,24)25/h3-7,12-14H,8-11H2,1-2H3;1-5,10-12H,6-9H2. The molecule has 0 unspecified atom stereocenters. The second-order valence-corrected chi connectivity index (χ2v) is 20.9. The van der Waals surface area contributed by atoms with Gasteiger partial charge in [0.25, 0.3) is 0 Å². The zero-order chi connectivity index (χ0) is 47.6. The van der Waals surface area contributed by atoms with Gasteiger partial charge in [0.2, 0.25) is 20.0 Å². The van der Waals surface area contributed by atoms with Gasteiger partial charge < -0.3 is 19.3 Å². The molecule has 4 aromatic carbocycles. The van der Waals surface area contributed by atoms with E-state index < -0.39 is 43.5 Å². The van der Waals surface area contributed by atoms with Crippen LogP contribution in [0.1, 0.15) is 11.1 Å². The van der Waals surface area contributed by atoms with Gasteiger partial charge in [-0.15, -0.1) is 22.7 Å². The molecule has 8 rings (SSSR count). The number of alkyl halides is 6. The molecule has 4 heterocycles. The average Bonchev–Trinajstić information content (AvgIpc) is 4.00. The Balaban J connectivity index is 0.000000197. The normalized spacial score (nSPS) is 15.6. The lowest BCUT2D eigenvalue weighted by Crippen LogP contribution is -2.48. The Morgan fingerprint density at radius 2 is 1.03 bits per heavy atom. The number of methoxy groups -OCH3 is 2. The number of anilines is 2. The molecule has 6 aromatic rings. The van der Waals surface area contributed by atoms with Crippen LogP contribution in [0.2, 0.25) is 10.0 Å². The minimum atomic E-state index is -4.61. The van der Waals surface area contributed by atoms with Gasteiger partial charge in [0.15, 0.2) is 10.3 Å². The molecular formula is C42H38Cl2F6N6O6S4. The van der Waals surface area contributed by atoms with Crippen LogP contribution in [-0.2, 0) is 32.4 Å². The molecule has 24 heteroatoms. The third kappa shape index (κ3) is 11.0. The van der Waals surface area contributed by atoms with Crippen LogP contribution in [0.15, 0.2) is 105 Å². The van der Waals surface area contributed by atoms with Crippen molar-refractivity contribution in [2.75, 3.05) is 76.4 Å². The number of rotatable bonds is 10.